The van der Waals surface area contributed by atoms with Crippen LogP contribution in [0.5, 0.6) is 23.0 Å². The second kappa shape index (κ2) is 8.58. The number of aromatic amines is 1. The standard InChI is InChI=1S/C23H21N3O7/c1-30-18-6-5-12(7-14(18)22(27)28)15-10-17-16(11-24-15)25-23(29)26(17)13-8-19(31-2)21(33-4)20(9-13)32-3/h5-11H,1-4H3,(H,25,29)(H,27,28). The van der Waals surface area contributed by atoms with Crippen LogP contribution in [0.25, 0.3) is 28.0 Å². The Morgan fingerprint density at radius 1 is 0.939 bits per heavy atom. The van der Waals surface area contributed by atoms with Crippen LogP contribution in [0.1, 0.15) is 10.4 Å². The van der Waals surface area contributed by atoms with Gasteiger partial charge in [0.2, 0.25) is 5.75 Å². The maximum Gasteiger partial charge on any atom is 0.339 e. The van der Waals surface area contributed by atoms with Gasteiger partial charge in [-0.05, 0) is 24.3 Å². The molecule has 0 aliphatic carbocycles. The summed E-state index contributed by atoms with van der Waals surface area (Å²) in [6, 6.07) is 9.76. The number of methoxy groups -OCH3 is 4. The lowest BCUT2D eigenvalue weighted by Gasteiger charge is -2.14. The summed E-state index contributed by atoms with van der Waals surface area (Å²) in [5.74, 6) is 0.305. The first kappa shape index (κ1) is 21.8. The van der Waals surface area contributed by atoms with Crippen molar-refractivity contribution in [3.8, 4) is 39.9 Å². The minimum atomic E-state index is -1.12. The number of nitrogens with one attached hydrogen (secondary N) is 1. The molecule has 0 bridgehead atoms. The Bertz CT molecular complexity index is 1400. The molecular weight excluding hydrogens is 430 g/mol. The largest absolute Gasteiger partial charge is 0.496 e. The molecule has 0 amide bonds. The molecule has 170 valence electrons. The van der Waals surface area contributed by atoms with E-state index in [-0.39, 0.29) is 17.0 Å². The Morgan fingerprint density at radius 2 is 1.61 bits per heavy atom. The molecule has 10 nitrogen and oxygen atoms in total. The molecule has 0 fully saturated rings. The molecular formula is C23H21N3O7. The molecule has 4 aromatic rings. The Morgan fingerprint density at radius 3 is 2.18 bits per heavy atom. The number of aromatic nitrogens is 3. The van der Waals surface area contributed by atoms with Crippen LogP contribution in [0, 0.1) is 0 Å². The summed E-state index contributed by atoms with van der Waals surface area (Å²) in [4.78, 5) is 31.6. The van der Waals surface area contributed by atoms with Gasteiger partial charge >= 0.3 is 11.7 Å². The molecule has 0 aliphatic rings. The van der Waals surface area contributed by atoms with Crippen molar-refractivity contribution in [3.63, 3.8) is 0 Å². The number of hydrogen-bond acceptors (Lipinski definition) is 7. The minimum Gasteiger partial charge on any atom is -0.496 e. The van der Waals surface area contributed by atoms with Crippen molar-refractivity contribution in [2.45, 2.75) is 0 Å². The second-order valence-electron chi connectivity index (χ2n) is 6.96. The van der Waals surface area contributed by atoms with E-state index in [0.29, 0.717) is 45.2 Å². The molecule has 0 radical (unpaired) electrons. The third-order valence-corrected chi connectivity index (χ3v) is 5.20. The first-order valence-electron chi connectivity index (χ1n) is 9.74. The summed E-state index contributed by atoms with van der Waals surface area (Å²) < 4.78 is 22.8. The zero-order chi connectivity index (χ0) is 23.7. The number of nitrogens with zero attached hydrogens (tertiary/aromatic N) is 2. The molecule has 2 aromatic carbocycles. The number of rotatable bonds is 7. The zero-order valence-electron chi connectivity index (χ0n) is 18.3. The average Bonchev–Trinajstić information content (AvgIpc) is 3.17. The van der Waals surface area contributed by atoms with Crippen LogP contribution in [0.4, 0.5) is 0 Å². The van der Waals surface area contributed by atoms with Crippen LogP contribution < -0.4 is 24.6 Å². The molecule has 0 unspecified atom stereocenters. The number of aromatic carboxylic acids is 1. The van der Waals surface area contributed by atoms with Gasteiger partial charge in [0, 0.05) is 17.7 Å². The number of carboxylic acid groups (broad SMARTS) is 1. The predicted octanol–water partition coefficient (Wildman–Crippen LogP) is 3.11. The van der Waals surface area contributed by atoms with Crippen molar-refractivity contribution in [2.75, 3.05) is 28.4 Å². The monoisotopic (exact) mass is 451 g/mol. The molecule has 0 atom stereocenters. The number of carbonyl (C=O) groups is 1. The Kier molecular flexibility index (Phi) is 5.65. The number of hydrogen-bond donors (Lipinski definition) is 2. The quantitative estimate of drug-likeness (QED) is 0.439. The number of fused-ring (bicyclic) bond motifs is 1. The van der Waals surface area contributed by atoms with Gasteiger partial charge in [-0.15, -0.1) is 0 Å². The van der Waals surface area contributed by atoms with Crippen LogP contribution in [0.15, 0.2) is 47.4 Å². The van der Waals surface area contributed by atoms with Crippen molar-refractivity contribution in [1.82, 2.24) is 14.5 Å². The van der Waals surface area contributed by atoms with Crippen LogP contribution in [-0.4, -0.2) is 54.1 Å². The highest BCUT2D eigenvalue weighted by atomic mass is 16.5. The SMILES string of the molecule is COc1ccc(-c2cc3c(cn2)[nH]c(=O)n3-c2cc(OC)c(OC)c(OC)c2)cc1C(=O)O. The van der Waals surface area contributed by atoms with Gasteiger partial charge < -0.3 is 29.0 Å². The van der Waals surface area contributed by atoms with Gasteiger partial charge in [0.1, 0.15) is 11.3 Å². The molecule has 2 N–H and O–H groups in total. The number of H-pyrrole nitrogens is 1. The number of pyridine rings is 1. The van der Waals surface area contributed by atoms with Gasteiger partial charge in [-0.2, -0.15) is 0 Å². The van der Waals surface area contributed by atoms with Crippen LogP contribution >= 0.6 is 0 Å². The van der Waals surface area contributed by atoms with Gasteiger partial charge in [0.05, 0.1) is 57.1 Å². The van der Waals surface area contributed by atoms with Crippen molar-refractivity contribution >= 4 is 17.0 Å². The molecule has 33 heavy (non-hydrogen) atoms. The van der Waals surface area contributed by atoms with Crippen molar-refractivity contribution in [2.24, 2.45) is 0 Å². The van der Waals surface area contributed by atoms with Crippen LogP contribution in [-0.2, 0) is 0 Å². The van der Waals surface area contributed by atoms with E-state index >= 15 is 0 Å². The molecule has 0 saturated heterocycles. The fourth-order valence-electron chi connectivity index (χ4n) is 3.65. The molecule has 0 aliphatic heterocycles. The van der Waals surface area contributed by atoms with Crippen molar-refractivity contribution < 1.29 is 28.8 Å². The van der Waals surface area contributed by atoms with E-state index in [4.69, 9.17) is 18.9 Å². The highest BCUT2D eigenvalue weighted by Gasteiger charge is 2.18. The highest BCUT2D eigenvalue weighted by Crippen LogP contribution is 2.39. The number of benzene rings is 2. The summed E-state index contributed by atoms with van der Waals surface area (Å²) >= 11 is 0. The lowest BCUT2D eigenvalue weighted by molar-refractivity contribution is 0.0693. The molecule has 4 rings (SSSR count). The fourth-order valence-corrected chi connectivity index (χ4v) is 3.65. The first-order valence-corrected chi connectivity index (χ1v) is 9.74. The Hall–Kier alpha value is -4.47. The number of carboxylic acids is 1. The smallest absolute Gasteiger partial charge is 0.339 e. The van der Waals surface area contributed by atoms with Crippen molar-refractivity contribution in [1.29, 1.82) is 0 Å². The van der Waals surface area contributed by atoms with E-state index in [9.17, 15) is 14.7 Å². The maximum atomic E-state index is 12.8. The summed E-state index contributed by atoms with van der Waals surface area (Å²) in [5, 5.41) is 9.49. The Labute approximate surface area is 187 Å². The fraction of sp³-hybridized carbons (Fsp3) is 0.174. The topological polar surface area (TPSA) is 125 Å². The molecule has 0 spiro atoms. The van der Waals surface area contributed by atoms with Gasteiger partial charge in [-0.25, -0.2) is 9.59 Å². The third kappa shape index (κ3) is 3.71. The summed E-state index contributed by atoms with van der Waals surface area (Å²) in [7, 11) is 5.88. The van der Waals surface area contributed by atoms with E-state index in [0.717, 1.165) is 0 Å². The lowest BCUT2D eigenvalue weighted by Crippen LogP contribution is -2.15. The molecule has 10 heteroatoms. The maximum absolute atomic E-state index is 12.8. The van der Waals surface area contributed by atoms with Gasteiger partial charge in [-0.1, -0.05) is 0 Å². The van der Waals surface area contributed by atoms with Crippen LogP contribution in [0.3, 0.4) is 0 Å². The second-order valence-corrected chi connectivity index (χ2v) is 6.96. The number of ether oxygens (including phenoxy) is 4. The Balaban J connectivity index is 1.92. The van der Waals surface area contributed by atoms with E-state index < -0.39 is 5.97 Å². The van der Waals surface area contributed by atoms with Gasteiger partial charge in [0.15, 0.2) is 11.5 Å². The van der Waals surface area contributed by atoms with E-state index in [2.05, 4.69) is 9.97 Å². The highest BCUT2D eigenvalue weighted by molar-refractivity contribution is 5.93. The van der Waals surface area contributed by atoms with Crippen LogP contribution in [0.2, 0.25) is 0 Å². The summed E-state index contributed by atoms with van der Waals surface area (Å²) in [6.07, 6.45) is 1.52. The van der Waals surface area contributed by atoms with E-state index in [1.807, 2.05) is 0 Å². The molecule has 2 heterocycles. The molecule has 2 aromatic heterocycles. The van der Waals surface area contributed by atoms with Gasteiger partial charge in [-0.3, -0.25) is 9.55 Å². The van der Waals surface area contributed by atoms with E-state index in [1.54, 1.807) is 30.3 Å². The third-order valence-electron chi connectivity index (χ3n) is 5.20. The first-order chi connectivity index (χ1) is 15.9. The van der Waals surface area contributed by atoms with E-state index in [1.165, 1.54) is 45.3 Å². The van der Waals surface area contributed by atoms with Crippen molar-refractivity contribution in [3.05, 3.63) is 58.6 Å². The normalized spacial score (nSPS) is 10.8. The zero-order valence-corrected chi connectivity index (χ0v) is 18.3. The average molecular weight is 451 g/mol. The summed E-state index contributed by atoms with van der Waals surface area (Å²) in [5.41, 5.74) is 2.18. The number of imidazole rings is 1. The predicted molar refractivity (Wildman–Crippen MR) is 120 cm³/mol. The summed E-state index contributed by atoms with van der Waals surface area (Å²) in [6.45, 7) is 0. The lowest BCUT2D eigenvalue weighted by atomic mass is 10.1. The molecule has 0 saturated carbocycles. The van der Waals surface area contributed by atoms with Gasteiger partial charge in [0.25, 0.3) is 0 Å². The minimum absolute atomic E-state index is 0.00739.